The van der Waals surface area contributed by atoms with Gasteiger partial charge >= 0.3 is 5.97 Å². The van der Waals surface area contributed by atoms with E-state index in [1.807, 2.05) is 0 Å². The van der Waals surface area contributed by atoms with Crippen LogP contribution >= 0.6 is 0 Å². The number of carbonyl (C=O) groups excluding carboxylic acids is 2. The van der Waals surface area contributed by atoms with Crippen LogP contribution in [0, 0.1) is 0 Å². The van der Waals surface area contributed by atoms with E-state index in [1.54, 1.807) is 0 Å². The number of carboxylic acids is 1. The van der Waals surface area contributed by atoms with Gasteiger partial charge in [0.05, 0.1) is 0 Å². The van der Waals surface area contributed by atoms with Crippen LogP contribution in [0.3, 0.4) is 0 Å². The van der Waals surface area contributed by atoms with Gasteiger partial charge in [0.1, 0.15) is 0 Å². The Bertz CT molecular complexity index is 338. The van der Waals surface area contributed by atoms with Crippen LogP contribution in [0.1, 0.15) is 77.0 Å². The van der Waals surface area contributed by atoms with Crippen LogP contribution in [-0.4, -0.2) is 34.3 Å². The summed E-state index contributed by atoms with van der Waals surface area (Å²) in [4.78, 5) is 34.5. The van der Waals surface area contributed by atoms with E-state index in [1.165, 1.54) is 24.2 Å². The quantitative estimate of drug-likeness (QED) is 0.443. The highest BCUT2D eigenvalue weighted by Crippen LogP contribution is 2.14. The van der Waals surface area contributed by atoms with Gasteiger partial charge in [-0.25, -0.2) is 0 Å². The lowest BCUT2D eigenvalue weighted by molar-refractivity contribution is -0.139. The van der Waals surface area contributed by atoms with Crippen molar-refractivity contribution in [3.8, 4) is 0 Å². The summed E-state index contributed by atoms with van der Waals surface area (Å²) >= 11 is 0. The number of carbonyl (C=O) groups is 3. The van der Waals surface area contributed by atoms with Crippen molar-refractivity contribution in [1.29, 1.82) is 0 Å². The zero-order chi connectivity index (χ0) is 15.5. The molecule has 2 amide bonds. The van der Waals surface area contributed by atoms with Crippen molar-refractivity contribution in [2.45, 2.75) is 77.0 Å². The molecule has 0 unspecified atom stereocenters. The summed E-state index contributed by atoms with van der Waals surface area (Å²) in [5, 5.41) is 8.50. The van der Waals surface area contributed by atoms with Crippen LogP contribution in [0.5, 0.6) is 0 Å². The number of hydrogen-bond donors (Lipinski definition) is 1. The summed E-state index contributed by atoms with van der Waals surface area (Å²) < 4.78 is 0. The van der Waals surface area contributed by atoms with Crippen LogP contribution in [0.15, 0.2) is 0 Å². The molecule has 0 bridgehead atoms. The number of nitrogens with zero attached hydrogens (tertiary/aromatic N) is 1. The highest BCUT2D eigenvalue weighted by Gasteiger charge is 2.27. The van der Waals surface area contributed by atoms with E-state index in [2.05, 4.69) is 0 Å². The van der Waals surface area contributed by atoms with Crippen LogP contribution in [0.25, 0.3) is 0 Å². The Morgan fingerprint density at radius 1 is 0.810 bits per heavy atom. The average molecular weight is 297 g/mol. The van der Waals surface area contributed by atoms with Crippen molar-refractivity contribution < 1.29 is 19.5 Å². The maximum atomic E-state index is 11.4. The van der Waals surface area contributed by atoms with Crippen molar-refractivity contribution in [2.24, 2.45) is 0 Å². The zero-order valence-electron chi connectivity index (χ0n) is 12.8. The molecule has 1 saturated heterocycles. The second kappa shape index (κ2) is 10.4. The Kier molecular flexibility index (Phi) is 8.71. The molecular weight excluding hydrogens is 270 g/mol. The molecule has 1 fully saturated rings. The lowest BCUT2D eigenvalue weighted by atomic mass is 10.1. The molecule has 0 saturated carbocycles. The second-order valence-corrected chi connectivity index (χ2v) is 5.76. The molecule has 1 aliphatic heterocycles. The number of likely N-dealkylation sites (tertiary alicyclic amines) is 1. The minimum atomic E-state index is -0.704. The molecule has 1 aliphatic rings. The fourth-order valence-electron chi connectivity index (χ4n) is 2.66. The van der Waals surface area contributed by atoms with Gasteiger partial charge in [0, 0.05) is 25.8 Å². The molecule has 0 aromatic carbocycles. The summed E-state index contributed by atoms with van der Waals surface area (Å²) in [6.07, 6.45) is 10.6. The molecular formula is C16H27NO4. The molecule has 1 heterocycles. The van der Waals surface area contributed by atoms with Gasteiger partial charge in [0.2, 0.25) is 11.8 Å². The third-order valence-electron chi connectivity index (χ3n) is 3.93. The van der Waals surface area contributed by atoms with Gasteiger partial charge < -0.3 is 5.11 Å². The van der Waals surface area contributed by atoms with Crippen LogP contribution in [0.2, 0.25) is 0 Å². The number of imide groups is 1. The van der Waals surface area contributed by atoms with Crippen molar-refractivity contribution in [1.82, 2.24) is 4.90 Å². The Balaban J connectivity index is 1.83. The standard InChI is InChI=1S/C16H27NO4/c18-14-11-12-15(19)17(14)13-9-7-5-3-1-2-4-6-8-10-16(20)21/h1-13H2,(H,20,21). The van der Waals surface area contributed by atoms with E-state index >= 15 is 0 Å². The smallest absolute Gasteiger partial charge is 0.303 e. The first-order valence-corrected chi connectivity index (χ1v) is 8.16. The maximum Gasteiger partial charge on any atom is 0.303 e. The first kappa shape index (κ1) is 17.7. The predicted octanol–water partition coefficient (Wildman–Crippen LogP) is 3.12. The molecule has 0 atom stereocenters. The largest absolute Gasteiger partial charge is 0.481 e. The number of carboxylic acid groups (broad SMARTS) is 1. The highest BCUT2D eigenvalue weighted by molar-refractivity contribution is 6.01. The lowest BCUT2D eigenvalue weighted by Crippen LogP contribution is -2.29. The highest BCUT2D eigenvalue weighted by atomic mass is 16.4. The van der Waals surface area contributed by atoms with Crippen molar-refractivity contribution >= 4 is 17.8 Å². The van der Waals surface area contributed by atoms with E-state index in [9.17, 15) is 14.4 Å². The van der Waals surface area contributed by atoms with Gasteiger partial charge in [-0.2, -0.15) is 0 Å². The Hall–Kier alpha value is -1.39. The first-order chi connectivity index (χ1) is 10.1. The van der Waals surface area contributed by atoms with Crippen molar-refractivity contribution in [2.75, 3.05) is 6.54 Å². The molecule has 0 aromatic rings. The van der Waals surface area contributed by atoms with Crippen LogP contribution in [-0.2, 0) is 14.4 Å². The van der Waals surface area contributed by atoms with E-state index in [0.29, 0.717) is 19.4 Å². The monoisotopic (exact) mass is 297 g/mol. The fourth-order valence-corrected chi connectivity index (χ4v) is 2.66. The normalized spacial score (nSPS) is 15.0. The molecule has 0 aliphatic carbocycles. The number of rotatable bonds is 12. The third-order valence-corrected chi connectivity index (χ3v) is 3.93. The molecule has 0 spiro atoms. The molecule has 5 nitrogen and oxygen atoms in total. The minimum Gasteiger partial charge on any atom is -0.481 e. The molecule has 1 rings (SSSR count). The summed E-state index contributed by atoms with van der Waals surface area (Å²) in [6, 6.07) is 0. The summed E-state index contributed by atoms with van der Waals surface area (Å²) in [7, 11) is 0. The van der Waals surface area contributed by atoms with Gasteiger partial charge in [-0.1, -0.05) is 44.9 Å². The number of amides is 2. The molecule has 0 radical (unpaired) electrons. The summed E-state index contributed by atoms with van der Waals surface area (Å²) in [5.74, 6) is -0.729. The molecule has 0 aromatic heterocycles. The second-order valence-electron chi connectivity index (χ2n) is 5.76. The van der Waals surface area contributed by atoms with Gasteiger partial charge in [-0.3, -0.25) is 19.3 Å². The van der Waals surface area contributed by atoms with E-state index in [4.69, 9.17) is 5.11 Å². The SMILES string of the molecule is O=C(O)CCCCCCCCCCCN1C(=O)CCC1=O. The topological polar surface area (TPSA) is 74.7 Å². The first-order valence-electron chi connectivity index (χ1n) is 8.16. The average Bonchev–Trinajstić information content (AvgIpc) is 2.75. The van der Waals surface area contributed by atoms with Crippen molar-refractivity contribution in [3.63, 3.8) is 0 Å². The Morgan fingerprint density at radius 2 is 1.24 bits per heavy atom. The number of unbranched alkanes of at least 4 members (excludes halogenated alkanes) is 8. The summed E-state index contributed by atoms with van der Waals surface area (Å²) in [6.45, 7) is 0.590. The molecule has 21 heavy (non-hydrogen) atoms. The van der Waals surface area contributed by atoms with Crippen molar-refractivity contribution in [3.05, 3.63) is 0 Å². The van der Waals surface area contributed by atoms with Gasteiger partial charge in [-0.05, 0) is 12.8 Å². The molecule has 1 N–H and O–H groups in total. The fraction of sp³-hybridized carbons (Fsp3) is 0.812. The van der Waals surface area contributed by atoms with Crippen LogP contribution < -0.4 is 0 Å². The van der Waals surface area contributed by atoms with E-state index in [-0.39, 0.29) is 18.2 Å². The van der Waals surface area contributed by atoms with E-state index in [0.717, 1.165) is 38.5 Å². The number of hydrogen-bond acceptors (Lipinski definition) is 3. The van der Waals surface area contributed by atoms with Crippen LogP contribution in [0.4, 0.5) is 0 Å². The van der Waals surface area contributed by atoms with Gasteiger partial charge in [-0.15, -0.1) is 0 Å². The molecule has 5 heteroatoms. The summed E-state index contributed by atoms with van der Waals surface area (Å²) in [5.41, 5.74) is 0. The lowest BCUT2D eigenvalue weighted by Gasteiger charge is -2.13. The minimum absolute atomic E-state index is 0.0126. The number of aliphatic carboxylic acids is 1. The predicted molar refractivity (Wildman–Crippen MR) is 79.8 cm³/mol. The van der Waals surface area contributed by atoms with E-state index < -0.39 is 5.97 Å². The van der Waals surface area contributed by atoms with Gasteiger partial charge in [0.25, 0.3) is 0 Å². The molecule has 120 valence electrons. The van der Waals surface area contributed by atoms with Gasteiger partial charge in [0.15, 0.2) is 0 Å². The Morgan fingerprint density at radius 3 is 1.71 bits per heavy atom. The Labute approximate surface area is 126 Å². The zero-order valence-corrected chi connectivity index (χ0v) is 12.8. The maximum absolute atomic E-state index is 11.4. The third kappa shape index (κ3) is 7.83.